The first-order valence-corrected chi connectivity index (χ1v) is 7.92. The minimum absolute atomic E-state index is 0.704. The molecular weight excluding hydrogens is 315 g/mol. The molecule has 0 radical (unpaired) electrons. The number of rotatable bonds is 4. The Balaban J connectivity index is 1.74. The van der Waals surface area contributed by atoms with E-state index in [4.69, 9.17) is 23.2 Å². The van der Waals surface area contributed by atoms with Gasteiger partial charge < -0.3 is 5.32 Å². The highest BCUT2D eigenvalue weighted by Crippen LogP contribution is 2.23. The second-order valence-electron chi connectivity index (χ2n) is 5.29. The summed E-state index contributed by atoms with van der Waals surface area (Å²) >= 11 is 12.0. The molecule has 0 aliphatic heterocycles. The third-order valence-corrected chi connectivity index (χ3v) is 4.06. The lowest BCUT2D eigenvalue weighted by atomic mass is 10.1. The van der Waals surface area contributed by atoms with Gasteiger partial charge in [0.15, 0.2) is 0 Å². The van der Waals surface area contributed by atoms with E-state index in [2.05, 4.69) is 29.4 Å². The average Bonchev–Trinajstić information content (AvgIpc) is 2.47. The van der Waals surface area contributed by atoms with Gasteiger partial charge in [-0.05, 0) is 54.8 Å². The van der Waals surface area contributed by atoms with Crippen LogP contribution in [0.15, 0.2) is 48.5 Å². The molecule has 1 heterocycles. The molecule has 1 N–H and O–H groups in total. The van der Waals surface area contributed by atoms with Crippen molar-refractivity contribution in [2.45, 2.75) is 13.3 Å². The maximum Gasteiger partial charge on any atom is 0.126 e. The quantitative estimate of drug-likeness (QED) is 0.682. The highest BCUT2D eigenvalue weighted by Gasteiger charge is 2.03. The number of hydrogen-bond acceptors (Lipinski definition) is 2. The SMILES string of the molecule is Cc1cc(NCCc2cccc(Cl)c2)nc2cc(Cl)ccc12. The molecule has 0 spiro atoms. The molecule has 0 saturated carbocycles. The number of aromatic nitrogens is 1. The molecule has 0 aliphatic rings. The summed E-state index contributed by atoms with van der Waals surface area (Å²) in [6, 6.07) is 15.8. The maximum atomic E-state index is 6.05. The van der Waals surface area contributed by atoms with Crippen LogP contribution in [0.4, 0.5) is 5.82 Å². The summed E-state index contributed by atoms with van der Waals surface area (Å²) in [7, 11) is 0. The number of anilines is 1. The molecular formula is C18H16Cl2N2. The van der Waals surface area contributed by atoms with Crippen molar-refractivity contribution in [2.75, 3.05) is 11.9 Å². The van der Waals surface area contributed by atoms with Gasteiger partial charge in [-0.1, -0.05) is 41.4 Å². The summed E-state index contributed by atoms with van der Waals surface area (Å²) in [6.07, 6.45) is 0.898. The summed E-state index contributed by atoms with van der Waals surface area (Å²) in [6.45, 7) is 2.89. The number of aryl methyl sites for hydroxylation is 1. The van der Waals surface area contributed by atoms with Crippen LogP contribution in [0.25, 0.3) is 10.9 Å². The van der Waals surface area contributed by atoms with E-state index in [-0.39, 0.29) is 0 Å². The standard InChI is InChI=1S/C18H16Cl2N2/c1-12-9-18(22-17-11-15(20)5-6-16(12)17)21-8-7-13-3-2-4-14(19)10-13/h2-6,9-11H,7-8H2,1H3,(H,21,22). The molecule has 3 rings (SSSR count). The lowest BCUT2D eigenvalue weighted by Crippen LogP contribution is -2.06. The van der Waals surface area contributed by atoms with Crippen molar-refractivity contribution < 1.29 is 0 Å². The minimum Gasteiger partial charge on any atom is -0.370 e. The first kappa shape index (κ1) is 15.1. The molecule has 0 amide bonds. The number of nitrogens with zero attached hydrogens (tertiary/aromatic N) is 1. The van der Waals surface area contributed by atoms with E-state index in [1.165, 1.54) is 11.1 Å². The van der Waals surface area contributed by atoms with Gasteiger partial charge in [-0.3, -0.25) is 0 Å². The number of halogens is 2. The second kappa shape index (κ2) is 6.55. The molecule has 4 heteroatoms. The van der Waals surface area contributed by atoms with Crippen molar-refractivity contribution in [1.29, 1.82) is 0 Å². The van der Waals surface area contributed by atoms with Gasteiger partial charge in [0.2, 0.25) is 0 Å². The zero-order valence-corrected chi connectivity index (χ0v) is 13.7. The Morgan fingerprint density at radius 3 is 2.64 bits per heavy atom. The van der Waals surface area contributed by atoms with Crippen LogP contribution in [0.5, 0.6) is 0 Å². The predicted molar refractivity (Wildman–Crippen MR) is 95.1 cm³/mol. The molecule has 2 aromatic carbocycles. The van der Waals surface area contributed by atoms with Crippen LogP contribution >= 0.6 is 23.2 Å². The van der Waals surface area contributed by atoms with Gasteiger partial charge in [0.1, 0.15) is 5.82 Å². The molecule has 0 fully saturated rings. The number of fused-ring (bicyclic) bond motifs is 1. The molecule has 3 aromatic rings. The second-order valence-corrected chi connectivity index (χ2v) is 6.17. The van der Waals surface area contributed by atoms with E-state index in [0.717, 1.165) is 34.7 Å². The Labute approximate surface area is 140 Å². The van der Waals surface area contributed by atoms with Crippen LogP contribution in [0.3, 0.4) is 0 Å². The first-order chi connectivity index (χ1) is 10.6. The molecule has 1 aromatic heterocycles. The van der Waals surface area contributed by atoms with E-state index in [0.29, 0.717) is 5.02 Å². The van der Waals surface area contributed by atoms with Crippen molar-refractivity contribution in [2.24, 2.45) is 0 Å². The van der Waals surface area contributed by atoms with Crippen molar-refractivity contribution >= 4 is 39.9 Å². The zero-order chi connectivity index (χ0) is 15.5. The topological polar surface area (TPSA) is 24.9 Å². The van der Waals surface area contributed by atoms with Gasteiger partial charge in [-0.15, -0.1) is 0 Å². The number of benzene rings is 2. The van der Waals surface area contributed by atoms with Crippen LogP contribution in [0.2, 0.25) is 10.0 Å². The van der Waals surface area contributed by atoms with E-state index >= 15 is 0 Å². The molecule has 0 unspecified atom stereocenters. The van der Waals surface area contributed by atoms with Crippen LogP contribution in [0.1, 0.15) is 11.1 Å². The van der Waals surface area contributed by atoms with Crippen LogP contribution in [-0.4, -0.2) is 11.5 Å². The van der Waals surface area contributed by atoms with Crippen molar-refractivity contribution in [1.82, 2.24) is 4.98 Å². The van der Waals surface area contributed by atoms with Gasteiger partial charge in [0.05, 0.1) is 5.52 Å². The fourth-order valence-electron chi connectivity index (χ4n) is 2.49. The number of pyridine rings is 1. The smallest absolute Gasteiger partial charge is 0.126 e. The van der Waals surface area contributed by atoms with E-state index in [1.807, 2.05) is 36.4 Å². The van der Waals surface area contributed by atoms with E-state index in [9.17, 15) is 0 Å². The molecule has 0 aliphatic carbocycles. The van der Waals surface area contributed by atoms with Crippen molar-refractivity contribution in [3.05, 3.63) is 69.7 Å². The fourth-order valence-corrected chi connectivity index (χ4v) is 2.87. The van der Waals surface area contributed by atoms with Crippen LogP contribution < -0.4 is 5.32 Å². The van der Waals surface area contributed by atoms with Crippen LogP contribution in [0, 0.1) is 6.92 Å². The van der Waals surface area contributed by atoms with Crippen molar-refractivity contribution in [3.8, 4) is 0 Å². The Kier molecular flexibility index (Phi) is 4.51. The highest BCUT2D eigenvalue weighted by molar-refractivity contribution is 6.31. The number of nitrogens with one attached hydrogen (secondary N) is 1. The molecule has 2 nitrogen and oxygen atoms in total. The molecule has 112 valence electrons. The lowest BCUT2D eigenvalue weighted by molar-refractivity contribution is 1.01. The maximum absolute atomic E-state index is 6.05. The van der Waals surface area contributed by atoms with Gasteiger partial charge in [-0.25, -0.2) is 4.98 Å². The van der Waals surface area contributed by atoms with Gasteiger partial charge in [0.25, 0.3) is 0 Å². The number of hydrogen-bond donors (Lipinski definition) is 1. The highest BCUT2D eigenvalue weighted by atomic mass is 35.5. The third-order valence-electron chi connectivity index (χ3n) is 3.59. The monoisotopic (exact) mass is 330 g/mol. The van der Waals surface area contributed by atoms with Crippen LogP contribution in [-0.2, 0) is 6.42 Å². The Morgan fingerprint density at radius 1 is 1.00 bits per heavy atom. The molecule has 0 saturated heterocycles. The minimum atomic E-state index is 0.704. The average molecular weight is 331 g/mol. The first-order valence-electron chi connectivity index (χ1n) is 7.17. The fraction of sp³-hybridized carbons (Fsp3) is 0.167. The molecule has 22 heavy (non-hydrogen) atoms. The summed E-state index contributed by atoms with van der Waals surface area (Å²) in [5, 5.41) is 5.97. The zero-order valence-electron chi connectivity index (χ0n) is 12.2. The van der Waals surface area contributed by atoms with E-state index in [1.54, 1.807) is 0 Å². The Hall–Kier alpha value is -1.77. The van der Waals surface area contributed by atoms with Crippen molar-refractivity contribution in [3.63, 3.8) is 0 Å². The summed E-state index contributed by atoms with van der Waals surface area (Å²) in [4.78, 5) is 4.62. The van der Waals surface area contributed by atoms with Gasteiger partial charge >= 0.3 is 0 Å². The largest absolute Gasteiger partial charge is 0.370 e. The Bertz CT molecular complexity index is 815. The van der Waals surface area contributed by atoms with Gasteiger partial charge in [-0.2, -0.15) is 0 Å². The third kappa shape index (κ3) is 3.52. The van der Waals surface area contributed by atoms with E-state index < -0.39 is 0 Å². The molecule has 0 bridgehead atoms. The summed E-state index contributed by atoms with van der Waals surface area (Å²) < 4.78 is 0. The lowest BCUT2D eigenvalue weighted by Gasteiger charge is -2.09. The molecule has 0 atom stereocenters. The van der Waals surface area contributed by atoms with Gasteiger partial charge in [0, 0.05) is 22.0 Å². The summed E-state index contributed by atoms with van der Waals surface area (Å²) in [5.74, 6) is 0.870. The Morgan fingerprint density at radius 2 is 1.82 bits per heavy atom. The predicted octanol–water partition coefficient (Wildman–Crippen LogP) is 5.50. The summed E-state index contributed by atoms with van der Waals surface area (Å²) in [5.41, 5.74) is 3.31. The normalized spacial score (nSPS) is 10.9.